The number of hydrogen-bond acceptors (Lipinski definition) is 4. The summed E-state index contributed by atoms with van der Waals surface area (Å²) in [6, 6.07) is 49.5. The molecule has 1 amide bonds. The van der Waals surface area contributed by atoms with Crippen molar-refractivity contribution in [3.63, 3.8) is 0 Å². The van der Waals surface area contributed by atoms with Gasteiger partial charge in [0.25, 0.3) is 0 Å². The second-order valence-corrected chi connectivity index (χ2v) is 13.9. The summed E-state index contributed by atoms with van der Waals surface area (Å²) in [6.45, 7) is 8.11. The predicted molar refractivity (Wildman–Crippen MR) is 212 cm³/mol. The van der Waals surface area contributed by atoms with Crippen LogP contribution in [0.3, 0.4) is 0 Å². The minimum atomic E-state index is -0.311. The molecule has 1 aliphatic rings. The zero-order valence-electron chi connectivity index (χ0n) is 29.9. The van der Waals surface area contributed by atoms with Gasteiger partial charge in [0.15, 0.2) is 0 Å². The Balaban J connectivity index is 1.34. The van der Waals surface area contributed by atoms with E-state index < -0.39 is 0 Å². The van der Waals surface area contributed by atoms with Gasteiger partial charge in [-0.15, -0.1) is 0 Å². The quantitative estimate of drug-likeness (QED) is 0.169. The topological polar surface area (TPSA) is 58.5 Å². The van der Waals surface area contributed by atoms with Crippen LogP contribution in [0.4, 0.5) is 0 Å². The van der Waals surface area contributed by atoms with E-state index in [2.05, 4.69) is 111 Å². The van der Waals surface area contributed by atoms with Crippen molar-refractivity contribution in [2.75, 3.05) is 0 Å². The summed E-state index contributed by atoms with van der Waals surface area (Å²) < 4.78 is 0. The third-order valence-corrected chi connectivity index (χ3v) is 9.95. The molecule has 0 saturated carbocycles. The van der Waals surface area contributed by atoms with E-state index in [-0.39, 0.29) is 23.9 Å². The van der Waals surface area contributed by atoms with Crippen LogP contribution >= 0.6 is 0 Å². The van der Waals surface area contributed by atoms with Crippen LogP contribution in [0, 0.1) is 19.8 Å². The van der Waals surface area contributed by atoms with Crippen LogP contribution in [-0.4, -0.2) is 26.6 Å². The highest BCUT2D eigenvalue weighted by molar-refractivity contribution is 6.13. The minimum Gasteiger partial charge on any atom is -0.286 e. The Kier molecular flexibility index (Phi) is 8.78. The molecule has 0 spiro atoms. The first-order valence-corrected chi connectivity index (χ1v) is 17.9. The number of aromatic nitrogens is 2. The van der Waals surface area contributed by atoms with Crippen LogP contribution in [0.25, 0.3) is 44.5 Å². The largest absolute Gasteiger partial charge is 0.286 e. The highest BCUT2D eigenvalue weighted by Gasteiger charge is 2.43. The summed E-state index contributed by atoms with van der Waals surface area (Å²) in [5, 5.41) is 0. The summed E-state index contributed by atoms with van der Waals surface area (Å²) in [7, 11) is 0. The molecule has 0 aliphatic carbocycles. The average Bonchev–Trinajstić information content (AvgIpc) is 3.59. The van der Waals surface area contributed by atoms with Gasteiger partial charge in [0, 0.05) is 28.2 Å². The summed E-state index contributed by atoms with van der Waals surface area (Å²) in [5.41, 5.74) is 12.8. The maximum absolute atomic E-state index is 14.3. The number of nitrogens with zero attached hydrogens (tertiary/aromatic N) is 4. The summed E-state index contributed by atoms with van der Waals surface area (Å²) in [5.74, 6) is 0.428. The zero-order chi connectivity index (χ0) is 35.8. The summed E-state index contributed by atoms with van der Waals surface area (Å²) in [6.07, 6.45) is 1.87. The number of amidine groups is 1. The highest BCUT2D eigenvalue weighted by atomic mass is 16.2. The first-order valence-electron chi connectivity index (χ1n) is 17.9. The van der Waals surface area contributed by atoms with Crippen LogP contribution in [0.5, 0.6) is 0 Å². The second kappa shape index (κ2) is 13.8. The summed E-state index contributed by atoms with van der Waals surface area (Å²) in [4.78, 5) is 32.3. The van der Waals surface area contributed by atoms with E-state index in [9.17, 15) is 4.79 Å². The number of carbonyl (C=O) groups is 1. The van der Waals surface area contributed by atoms with E-state index in [1.165, 1.54) is 11.1 Å². The lowest BCUT2D eigenvalue weighted by Gasteiger charge is -2.31. The number of fused-ring (bicyclic) bond motifs is 1. The molecule has 6 aromatic carbocycles. The molecule has 0 radical (unpaired) electrons. The monoisotopic (exact) mass is 676 g/mol. The van der Waals surface area contributed by atoms with Gasteiger partial charge in [0.2, 0.25) is 5.91 Å². The van der Waals surface area contributed by atoms with E-state index in [1.807, 2.05) is 73.5 Å². The molecule has 2 atom stereocenters. The molecule has 1 aromatic heterocycles. The molecule has 52 heavy (non-hydrogen) atoms. The zero-order valence-corrected chi connectivity index (χ0v) is 29.9. The van der Waals surface area contributed by atoms with E-state index in [4.69, 9.17) is 15.0 Å². The van der Waals surface area contributed by atoms with Crippen LogP contribution in [0.1, 0.15) is 53.7 Å². The molecule has 7 aromatic rings. The lowest BCUT2D eigenvalue weighted by molar-refractivity contribution is -0.132. The first kappa shape index (κ1) is 33.0. The van der Waals surface area contributed by atoms with E-state index in [1.54, 1.807) is 0 Å². The van der Waals surface area contributed by atoms with Gasteiger partial charge in [-0.2, -0.15) is 0 Å². The molecule has 5 nitrogen and oxygen atoms in total. The predicted octanol–water partition coefficient (Wildman–Crippen LogP) is 11.0. The average molecular weight is 677 g/mol. The van der Waals surface area contributed by atoms with Crippen LogP contribution in [-0.2, 0) is 4.79 Å². The number of carbonyl (C=O) groups excluding carboxylic acids is 1. The van der Waals surface area contributed by atoms with Gasteiger partial charge < -0.3 is 0 Å². The van der Waals surface area contributed by atoms with Crippen molar-refractivity contribution in [3.05, 3.63) is 180 Å². The normalized spacial score (nSPS) is 15.6. The van der Waals surface area contributed by atoms with Crippen molar-refractivity contribution in [2.45, 2.75) is 39.8 Å². The number of amides is 1. The van der Waals surface area contributed by atoms with Crippen molar-refractivity contribution in [3.8, 4) is 33.5 Å². The third-order valence-electron chi connectivity index (χ3n) is 9.95. The smallest absolute Gasteiger partial charge is 0.231 e. The number of aliphatic imine (C=N–C) groups is 1. The summed E-state index contributed by atoms with van der Waals surface area (Å²) >= 11 is 0. The SMILES string of the molecule is Cc1ccc(-c2ccc(-c3ccc(C)cc3)c3nc(-c4ccccc4C4=N[C@@H](c5ccccc5)[C@H](c5ccccc5)N4C(=O)C(C)C)cnc23)cc1. The lowest BCUT2D eigenvalue weighted by Crippen LogP contribution is -2.40. The Morgan fingerprint density at radius 3 is 1.67 bits per heavy atom. The third kappa shape index (κ3) is 6.09. The molecule has 8 rings (SSSR count). The van der Waals surface area contributed by atoms with Crippen LogP contribution in [0.15, 0.2) is 157 Å². The Bertz CT molecular complexity index is 2420. The maximum Gasteiger partial charge on any atom is 0.231 e. The van der Waals surface area contributed by atoms with E-state index in [0.29, 0.717) is 5.84 Å². The van der Waals surface area contributed by atoms with Crippen LogP contribution in [0.2, 0.25) is 0 Å². The highest BCUT2D eigenvalue weighted by Crippen LogP contribution is 2.45. The van der Waals surface area contributed by atoms with Gasteiger partial charge in [-0.1, -0.05) is 171 Å². The lowest BCUT2D eigenvalue weighted by atomic mass is 9.92. The number of aryl methyl sites for hydroxylation is 2. The number of hydrogen-bond donors (Lipinski definition) is 0. The van der Waals surface area contributed by atoms with Gasteiger partial charge in [0.1, 0.15) is 11.9 Å². The van der Waals surface area contributed by atoms with Crippen molar-refractivity contribution >= 4 is 22.8 Å². The second-order valence-electron chi connectivity index (χ2n) is 13.9. The molecular formula is C47H40N4O. The molecular weight excluding hydrogens is 637 g/mol. The fourth-order valence-electron chi connectivity index (χ4n) is 7.21. The fourth-order valence-corrected chi connectivity index (χ4v) is 7.21. The maximum atomic E-state index is 14.3. The molecule has 2 heterocycles. The molecule has 0 saturated heterocycles. The Labute approximate surface area is 305 Å². The molecule has 0 N–H and O–H groups in total. The molecule has 0 fully saturated rings. The van der Waals surface area contributed by atoms with E-state index in [0.717, 1.165) is 61.2 Å². The van der Waals surface area contributed by atoms with E-state index >= 15 is 0 Å². The number of rotatable bonds is 7. The standard InChI is InChI=1S/C47H40N4O/c1-30(2)47(52)51-45(36-15-9-6-10-16-36)42(35-13-7-5-8-14-35)50-46(51)40-18-12-11-17-39(40)41-29-48-43-37(33-23-19-31(3)20-24-33)27-28-38(44(43)49-41)34-25-21-32(4)22-26-34/h5-30,42,45H,1-4H3/t42-,45-/m0/s1. The van der Waals surface area contributed by atoms with Crippen molar-refractivity contribution in [1.29, 1.82) is 0 Å². The minimum absolute atomic E-state index is 0.0230. The van der Waals surface area contributed by atoms with Crippen molar-refractivity contribution in [1.82, 2.24) is 14.9 Å². The van der Waals surface area contributed by atoms with Crippen LogP contribution < -0.4 is 0 Å². The van der Waals surface area contributed by atoms with Crippen molar-refractivity contribution < 1.29 is 4.79 Å². The Hall–Kier alpha value is -6.20. The Morgan fingerprint density at radius 2 is 1.10 bits per heavy atom. The fraction of sp³-hybridized carbons (Fsp3) is 0.149. The molecule has 0 unspecified atom stereocenters. The van der Waals surface area contributed by atoms with Gasteiger partial charge in [0.05, 0.1) is 29.0 Å². The number of benzene rings is 6. The molecule has 1 aliphatic heterocycles. The molecule has 0 bridgehead atoms. The van der Waals surface area contributed by atoms with Crippen molar-refractivity contribution in [2.24, 2.45) is 10.9 Å². The Morgan fingerprint density at radius 1 is 0.577 bits per heavy atom. The molecule has 254 valence electrons. The van der Waals surface area contributed by atoms with Gasteiger partial charge in [-0.05, 0) is 36.1 Å². The van der Waals surface area contributed by atoms with Gasteiger partial charge >= 0.3 is 0 Å². The van der Waals surface area contributed by atoms with Gasteiger partial charge in [-0.25, -0.2) is 4.98 Å². The molecule has 5 heteroatoms. The first-order chi connectivity index (χ1) is 25.4. The van der Waals surface area contributed by atoms with Gasteiger partial charge in [-0.3, -0.25) is 19.7 Å².